The minimum atomic E-state index is -0.0666. The number of carbonyl (C=O) groups excluding carboxylic acids is 1. The van der Waals surface area contributed by atoms with Crippen molar-refractivity contribution in [3.05, 3.63) is 52.3 Å². The Hall–Kier alpha value is -2.35. The molecule has 1 aromatic heterocycles. The summed E-state index contributed by atoms with van der Waals surface area (Å²) in [5, 5.41) is 13.5. The highest BCUT2D eigenvalue weighted by molar-refractivity contribution is 9.10. The summed E-state index contributed by atoms with van der Waals surface area (Å²) in [7, 11) is 1.90. The first kappa shape index (κ1) is 20.0. The van der Waals surface area contributed by atoms with Crippen LogP contribution in [0, 0.1) is 0 Å². The summed E-state index contributed by atoms with van der Waals surface area (Å²) in [6, 6.07) is 9.30. The highest BCUT2D eigenvalue weighted by Crippen LogP contribution is 2.11. The van der Waals surface area contributed by atoms with Gasteiger partial charge in [0.1, 0.15) is 0 Å². The lowest BCUT2D eigenvalue weighted by Crippen LogP contribution is -2.38. The summed E-state index contributed by atoms with van der Waals surface area (Å²) < 4.78 is 2.71. The van der Waals surface area contributed by atoms with Gasteiger partial charge in [0.25, 0.3) is 5.91 Å². The lowest BCUT2D eigenvalue weighted by molar-refractivity contribution is 0.0953. The van der Waals surface area contributed by atoms with Gasteiger partial charge in [0.15, 0.2) is 5.96 Å². The fourth-order valence-corrected chi connectivity index (χ4v) is 2.69. The third-order valence-electron chi connectivity index (χ3n) is 3.68. The molecule has 0 aliphatic rings. The predicted molar refractivity (Wildman–Crippen MR) is 107 cm³/mol. The van der Waals surface area contributed by atoms with E-state index in [0.29, 0.717) is 18.7 Å². The lowest BCUT2D eigenvalue weighted by atomic mass is 10.2. The molecule has 0 saturated heterocycles. The van der Waals surface area contributed by atoms with Gasteiger partial charge >= 0.3 is 0 Å². The Morgan fingerprint density at radius 3 is 2.73 bits per heavy atom. The molecule has 0 aliphatic heterocycles. The number of halogens is 1. The minimum Gasteiger partial charge on any atom is -0.357 e. The average molecular weight is 421 g/mol. The molecule has 140 valence electrons. The Bertz CT molecular complexity index is 743. The van der Waals surface area contributed by atoms with E-state index in [9.17, 15) is 4.79 Å². The average Bonchev–Trinajstić information content (AvgIpc) is 3.04. The number of carbonyl (C=O) groups is 1. The van der Waals surface area contributed by atoms with Gasteiger partial charge in [-0.25, -0.2) is 4.99 Å². The van der Waals surface area contributed by atoms with Crippen molar-refractivity contribution in [3.63, 3.8) is 0 Å². The van der Waals surface area contributed by atoms with Crippen LogP contribution in [0.15, 0.2) is 46.0 Å². The van der Waals surface area contributed by atoms with Crippen LogP contribution in [0.5, 0.6) is 0 Å². The van der Waals surface area contributed by atoms with Gasteiger partial charge in [0.05, 0.1) is 12.2 Å². The van der Waals surface area contributed by atoms with Crippen molar-refractivity contribution in [2.24, 2.45) is 12.0 Å². The monoisotopic (exact) mass is 420 g/mol. The van der Waals surface area contributed by atoms with Crippen molar-refractivity contribution in [1.29, 1.82) is 0 Å². The molecule has 0 unspecified atom stereocenters. The number of hydrogen-bond donors (Lipinski definition) is 3. The van der Waals surface area contributed by atoms with Crippen LogP contribution in [0.3, 0.4) is 0 Å². The van der Waals surface area contributed by atoms with Crippen LogP contribution in [0.2, 0.25) is 0 Å². The third kappa shape index (κ3) is 6.51. The largest absolute Gasteiger partial charge is 0.357 e. The molecule has 0 bridgehead atoms. The highest BCUT2D eigenvalue weighted by Gasteiger charge is 2.05. The second kappa shape index (κ2) is 10.6. The molecule has 0 radical (unpaired) electrons. The quantitative estimate of drug-likeness (QED) is 0.346. The molecule has 2 aromatic rings. The van der Waals surface area contributed by atoms with Crippen molar-refractivity contribution in [2.45, 2.75) is 19.9 Å². The molecule has 26 heavy (non-hydrogen) atoms. The first-order valence-corrected chi connectivity index (χ1v) is 9.42. The zero-order valence-corrected chi connectivity index (χ0v) is 16.7. The van der Waals surface area contributed by atoms with Crippen molar-refractivity contribution >= 4 is 27.8 Å². The van der Waals surface area contributed by atoms with Crippen LogP contribution >= 0.6 is 15.9 Å². The van der Waals surface area contributed by atoms with Crippen LogP contribution in [-0.4, -0.2) is 41.3 Å². The van der Waals surface area contributed by atoms with E-state index in [1.54, 1.807) is 12.3 Å². The molecule has 3 N–H and O–H groups in total. The fraction of sp³-hybridized carbons (Fsp3) is 0.389. The summed E-state index contributed by atoms with van der Waals surface area (Å²) in [6.07, 6.45) is 2.56. The number of amides is 1. The lowest BCUT2D eigenvalue weighted by Gasteiger charge is -2.11. The Morgan fingerprint density at radius 1 is 1.23 bits per heavy atom. The molecule has 2 rings (SSSR count). The van der Waals surface area contributed by atoms with E-state index in [1.165, 1.54) is 0 Å². The number of aryl methyl sites for hydroxylation is 1. The molecule has 0 fully saturated rings. The molecule has 0 atom stereocenters. The van der Waals surface area contributed by atoms with Gasteiger partial charge in [-0.3, -0.25) is 9.48 Å². The van der Waals surface area contributed by atoms with Gasteiger partial charge in [-0.15, -0.1) is 0 Å². The number of aliphatic imine (C=N–C) groups is 1. The molecule has 0 aliphatic carbocycles. The summed E-state index contributed by atoms with van der Waals surface area (Å²) >= 11 is 3.37. The minimum absolute atomic E-state index is 0.0666. The third-order valence-corrected chi connectivity index (χ3v) is 4.18. The van der Waals surface area contributed by atoms with E-state index < -0.39 is 0 Å². The number of hydrogen-bond acceptors (Lipinski definition) is 3. The Kier molecular flexibility index (Phi) is 8.14. The van der Waals surface area contributed by atoms with Crippen molar-refractivity contribution in [1.82, 2.24) is 25.7 Å². The first-order valence-electron chi connectivity index (χ1n) is 8.63. The number of aromatic nitrogens is 2. The Morgan fingerprint density at radius 2 is 2.04 bits per heavy atom. The van der Waals surface area contributed by atoms with E-state index in [1.807, 2.05) is 42.9 Å². The summed E-state index contributed by atoms with van der Waals surface area (Å²) in [4.78, 5) is 16.6. The van der Waals surface area contributed by atoms with Crippen molar-refractivity contribution in [2.75, 3.05) is 19.6 Å². The molecule has 0 spiro atoms. The van der Waals surface area contributed by atoms with E-state index in [4.69, 9.17) is 0 Å². The summed E-state index contributed by atoms with van der Waals surface area (Å²) in [6.45, 7) is 4.69. The summed E-state index contributed by atoms with van der Waals surface area (Å²) in [5.41, 5.74) is 1.70. The van der Waals surface area contributed by atoms with Crippen LogP contribution < -0.4 is 16.0 Å². The maximum Gasteiger partial charge on any atom is 0.251 e. The number of rotatable bonds is 8. The molecular formula is C18H25BrN6O. The SMILES string of the molecule is CCNC(=NCc1ccnn1C)NCCCNC(=O)c1cccc(Br)c1. The van der Waals surface area contributed by atoms with Gasteiger partial charge in [0.2, 0.25) is 0 Å². The Balaban J connectivity index is 1.72. The van der Waals surface area contributed by atoms with Gasteiger partial charge in [-0.2, -0.15) is 5.10 Å². The van der Waals surface area contributed by atoms with Crippen molar-refractivity contribution < 1.29 is 4.79 Å². The highest BCUT2D eigenvalue weighted by atomic mass is 79.9. The van der Waals surface area contributed by atoms with E-state index in [-0.39, 0.29) is 5.91 Å². The number of guanidine groups is 1. The zero-order chi connectivity index (χ0) is 18.8. The van der Waals surface area contributed by atoms with Gasteiger partial charge in [-0.05, 0) is 37.6 Å². The topological polar surface area (TPSA) is 83.3 Å². The molecule has 1 aromatic carbocycles. The normalized spacial score (nSPS) is 11.3. The van der Waals surface area contributed by atoms with Crippen molar-refractivity contribution in [3.8, 4) is 0 Å². The molecule has 1 amide bonds. The van der Waals surface area contributed by atoms with Crippen LogP contribution in [0.4, 0.5) is 0 Å². The smallest absolute Gasteiger partial charge is 0.251 e. The fourth-order valence-electron chi connectivity index (χ4n) is 2.29. The number of nitrogens with one attached hydrogen (secondary N) is 3. The van der Waals surface area contributed by atoms with E-state index >= 15 is 0 Å². The maximum atomic E-state index is 12.1. The van der Waals surface area contributed by atoms with Gasteiger partial charge in [0, 0.05) is 42.9 Å². The van der Waals surface area contributed by atoms with Crippen LogP contribution in [0.25, 0.3) is 0 Å². The number of benzene rings is 1. The molecule has 7 nitrogen and oxygen atoms in total. The molecule has 0 saturated carbocycles. The molecule has 1 heterocycles. The van der Waals surface area contributed by atoms with Crippen LogP contribution in [-0.2, 0) is 13.6 Å². The molecule has 8 heteroatoms. The second-order valence-electron chi connectivity index (χ2n) is 5.69. The van der Waals surface area contributed by atoms with Gasteiger partial charge < -0.3 is 16.0 Å². The van der Waals surface area contributed by atoms with Crippen LogP contribution in [0.1, 0.15) is 29.4 Å². The standard InChI is InChI=1S/C18H25BrN6O/c1-3-20-18(23-13-16-8-11-24-25(16)2)22-10-5-9-21-17(26)14-6-4-7-15(19)12-14/h4,6-8,11-12H,3,5,9-10,13H2,1-2H3,(H,21,26)(H2,20,22,23). The summed E-state index contributed by atoms with van der Waals surface area (Å²) in [5.74, 6) is 0.690. The first-order chi connectivity index (χ1) is 12.6. The number of nitrogens with zero attached hydrogens (tertiary/aromatic N) is 3. The van der Waals surface area contributed by atoms with E-state index in [0.717, 1.165) is 35.6 Å². The zero-order valence-electron chi connectivity index (χ0n) is 15.1. The second-order valence-corrected chi connectivity index (χ2v) is 6.60. The predicted octanol–water partition coefficient (Wildman–Crippen LogP) is 2.06. The molecular weight excluding hydrogens is 396 g/mol. The maximum absolute atomic E-state index is 12.1. The van der Waals surface area contributed by atoms with Gasteiger partial charge in [-0.1, -0.05) is 22.0 Å². The Labute approximate surface area is 162 Å². The van der Waals surface area contributed by atoms with E-state index in [2.05, 4.69) is 42.0 Å².